The Morgan fingerprint density at radius 1 is 1.38 bits per heavy atom. The lowest BCUT2D eigenvalue weighted by Gasteiger charge is -2.13. The zero-order valence-electron chi connectivity index (χ0n) is 13.9. The molecule has 0 saturated heterocycles. The molecule has 1 aliphatic rings. The third-order valence-corrected chi connectivity index (χ3v) is 5.08. The lowest BCUT2D eigenvalue weighted by atomic mass is 10.2. The van der Waals surface area contributed by atoms with Crippen LogP contribution in [0.1, 0.15) is 15.9 Å². The Bertz CT molecular complexity index is 945. The lowest BCUT2D eigenvalue weighted by molar-refractivity contribution is 0.0957. The molecule has 3 rings (SSSR count). The van der Waals surface area contributed by atoms with Crippen LogP contribution >= 0.6 is 0 Å². The van der Waals surface area contributed by atoms with Gasteiger partial charge in [-0.2, -0.15) is 0 Å². The number of aliphatic hydroxyl groups is 1. The van der Waals surface area contributed by atoms with E-state index in [9.17, 15) is 18.3 Å². The van der Waals surface area contributed by atoms with Gasteiger partial charge in [0, 0.05) is 0 Å². The van der Waals surface area contributed by atoms with E-state index in [2.05, 4.69) is 15.0 Å². The SMILES string of the molecule is COc1ccc(CO)cc1S(=O)(=O)Nc1cnc2c(c1)C(=O)NCCO2. The lowest BCUT2D eigenvalue weighted by Crippen LogP contribution is -2.24. The number of amides is 1. The molecule has 9 nitrogen and oxygen atoms in total. The molecule has 0 saturated carbocycles. The third-order valence-electron chi connectivity index (χ3n) is 3.67. The molecule has 1 aromatic carbocycles. The molecule has 2 heterocycles. The Labute approximate surface area is 150 Å². The van der Waals surface area contributed by atoms with Crippen LogP contribution in [0.25, 0.3) is 0 Å². The average molecular weight is 379 g/mol. The largest absolute Gasteiger partial charge is 0.495 e. The number of benzene rings is 1. The summed E-state index contributed by atoms with van der Waals surface area (Å²) >= 11 is 0. The summed E-state index contributed by atoms with van der Waals surface area (Å²) in [4.78, 5) is 15.9. The number of nitrogens with one attached hydrogen (secondary N) is 2. The van der Waals surface area contributed by atoms with E-state index in [0.29, 0.717) is 12.1 Å². The van der Waals surface area contributed by atoms with Crippen molar-refractivity contribution < 1.29 is 27.8 Å². The highest BCUT2D eigenvalue weighted by Crippen LogP contribution is 2.28. The second kappa shape index (κ2) is 7.18. The molecule has 2 aromatic rings. The number of fused-ring (bicyclic) bond motifs is 1. The molecular formula is C16H17N3O6S. The van der Waals surface area contributed by atoms with Gasteiger partial charge in [0.2, 0.25) is 5.88 Å². The highest BCUT2D eigenvalue weighted by atomic mass is 32.2. The molecule has 0 radical (unpaired) electrons. The van der Waals surface area contributed by atoms with Crippen molar-refractivity contribution in [1.82, 2.24) is 10.3 Å². The van der Waals surface area contributed by atoms with Crippen LogP contribution in [-0.4, -0.2) is 44.7 Å². The van der Waals surface area contributed by atoms with E-state index in [4.69, 9.17) is 9.47 Å². The van der Waals surface area contributed by atoms with E-state index in [1.807, 2.05) is 0 Å². The molecule has 0 bridgehead atoms. The van der Waals surface area contributed by atoms with E-state index >= 15 is 0 Å². The Morgan fingerprint density at radius 2 is 2.19 bits per heavy atom. The zero-order valence-corrected chi connectivity index (χ0v) is 14.7. The summed E-state index contributed by atoms with van der Waals surface area (Å²) in [7, 11) is -2.69. The molecule has 0 aliphatic carbocycles. The summed E-state index contributed by atoms with van der Waals surface area (Å²) in [6, 6.07) is 5.68. The average Bonchev–Trinajstić information content (AvgIpc) is 2.82. The van der Waals surface area contributed by atoms with Crippen LogP contribution in [0.3, 0.4) is 0 Å². The smallest absolute Gasteiger partial charge is 0.265 e. The molecule has 10 heteroatoms. The van der Waals surface area contributed by atoms with Crippen molar-refractivity contribution in [2.75, 3.05) is 25.0 Å². The van der Waals surface area contributed by atoms with Gasteiger partial charge in [-0.15, -0.1) is 0 Å². The monoisotopic (exact) mass is 379 g/mol. The Morgan fingerprint density at radius 3 is 2.92 bits per heavy atom. The van der Waals surface area contributed by atoms with Gasteiger partial charge in [-0.3, -0.25) is 9.52 Å². The first kappa shape index (κ1) is 18.0. The molecule has 3 N–H and O–H groups in total. The van der Waals surface area contributed by atoms with Crippen LogP contribution in [0, 0.1) is 0 Å². The quantitative estimate of drug-likeness (QED) is 0.690. The highest BCUT2D eigenvalue weighted by molar-refractivity contribution is 7.92. The predicted molar refractivity (Wildman–Crippen MR) is 91.8 cm³/mol. The van der Waals surface area contributed by atoms with E-state index in [0.717, 1.165) is 0 Å². The van der Waals surface area contributed by atoms with Gasteiger partial charge in [-0.05, 0) is 23.8 Å². The standard InChI is InChI=1S/C16H17N3O6S/c1-24-13-3-2-10(9-20)6-14(13)26(22,23)19-11-7-12-15(21)17-4-5-25-16(12)18-8-11/h2-3,6-8,19-20H,4-5,9H2,1H3,(H,17,21). The van der Waals surface area contributed by atoms with Crippen molar-refractivity contribution in [3.05, 3.63) is 41.6 Å². The molecule has 1 aromatic heterocycles. The van der Waals surface area contributed by atoms with Gasteiger partial charge >= 0.3 is 0 Å². The van der Waals surface area contributed by atoms with Crippen LogP contribution in [0.15, 0.2) is 35.4 Å². The van der Waals surface area contributed by atoms with Crippen molar-refractivity contribution in [3.63, 3.8) is 0 Å². The molecule has 0 atom stereocenters. The molecule has 26 heavy (non-hydrogen) atoms. The summed E-state index contributed by atoms with van der Waals surface area (Å²) in [6.07, 6.45) is 1.26. The van der Waals surface area contributed by atoms with Gasteiger partial charge in [0.1, 0.15) is 22.8 Å². The molecule has 0 fully saturated rings. The zero-order chi connectivity index (χ0) is 18.7. The maximum atomic E-state index is 12.7. The first-order valence-corrected chi connectivity index (χ1v) is 9.14. The Balaban J connectivity index is 1.97. The number of anilines is 1. The molecular weight excluding hydrogens is 362 g/mol. The molecule has 1 amide bonds. The topological polar surface area (TPSA) is 127 Å². The fraction of sp³-hybridized carbons (Fsp3) is 0.250. The van der Waals surface area contributed by atoms with Crippen LogP contribution in [0.2, 0.25) is 0 Å². The number of aromatic nitrogens is 1. The minimum Gasteiger partial charge on any atom is -0.495 e. The van der Waals surface area contributed by atoms with Crippen molar-refractivity contribution in [2.45, 2.75) is 11.5 Å². The number of hydrogen-bond acceptors (Lipinski definition) is 7. The van der Waals surface area contributed by atoms with Crippen molar-refractivity contribution in [3.8, 4) is 11.6 Å². The highest BCUT2D eigenvalue weighted by Gasteiger charge is 2.23. The Hall–Kier alpha value is -2.85. The van der Waals surface area contributed by atoms with Gasteiger partial charge < -0.3 is 19.9 Å². The van der Waals surface area contributed by atoms with E-state index in [-0.39, 0.29) is 41.0 Å². The normalized spacial score (nSPS) is 13.8. The number of nitrogens with zero attached hydrogens (tertiary/aromatic N) is 1. The maximum Gasteiger partial charge on any atom is 0.265 e. The van der Waals surface area contributed by atoms with Gasteiger partial charge in [0.25, 0.3) is 15.9 Å². The van der Waals surface area contributed by atoms with Gasteiger partial charge in [0.05, 0.1) is 32.1 Å². The van der Waals surface area contributed by atoms with Crippen LogP contribution in [0.4, 0.5) is 5.69 Å². The van der Waals surface area contributed by atoms with Crippen LogP contribution in [-0.2, 0) is 16.6 Å². The number of methoxy groups -OCH3 is 1. The van der Waals surface area contributed by atoms with Gasteiger partial charge in [0.15, 0.2) is 0 Å². The fourth-order valence-corrected chi connectivity index (χ4v) is 3.69. The number of sulfonamides is 1. The molecule has 1 aliphatic heterocycles. The van der Waals surface area contributed by atoms with Crippen molar-refractivity contribution >= 4 is 21.6 Å². The summed E-state index contributed by atoms with van der Waals surface area (Å²) < 4.78 is 38.3. The molecule has 0 unspecified atom stereocenters. The molecule has 138 valence electrons. The summed E-state index contributed by atoms with van der Waals surface area (Å²) in [5.74, 6) is -0.132. The number of carbonyl (C=O) groups is 1. The predicted octanol–water partition coefficient (Wildman–Crippen LogP) is 0.505. The van der Waals surface area contributed by atoms with E-state index in [1.54, 1.807) is 6.07 Å². The second-order valence-corrected chi connectivity index (χ2v) is 7.08. The van der Waals surface area contributed by atoms with Crippen molar-refractivity contribution in [1.29, 1.82) is 0 Å². The Kier molecular flexibility index (Phi) is 4.96. The second-order valence-electron chi connectivity index (χ2n) is 5.43. The number of aliphatic hydroxyl groups excluding tert-OH is 1. The maximum absolute atomic E-state index is 12.7. The van der Waals surface area contributed by atoms with Gasteiger partial charge in [-0.25, -0.2) is 13.4 Å². The summed E-state index contributed by atoms with van der Waals surface area (Å²) in [5.41, 5.74) is 0.652. The third kappa shape index (κ3) is 3.55. The van der Waals surface area contributed by atoms with E-state index < -0.39 is 15.9 Å². The van der Waals surface area contributed by atoms with Crippen LogP contribution in [0.5, 0.6) is 11.6 Å². The van der Waals surface area contributed by atoms with E-state index in [1.165, 1.54) is 31.5 Å². The molecule has 0 spiro atoms. The number of hydrogen-bond donors (Lipinski definition) is 3. The van der Waals surface area contributed by atoms with Gasteiger partial charge in [-0.1, -0.05) is 6.07 Å². The summed E-state index contributed by atoms with van der Waals surface area (Å²) in [5, 5.41) is 11.9. The first-order valence-electron chi connectivity index (χ1n) is 7.66. The number of carbonyl (C=O) groups excluding carboxylic acids is 1. The van der Waals surface area contributed by atoms with Crippen LogP contribution < -0.4 is 19.5 Å². The van der Waals surface area contributed by atoms with Crippen molar-refractivity contribution in [2.24, 2.45) is 0 Å². The first-order chi connectivity index (χ1) is 12.4. The fourth-order valence-electron chi connectivity index (χ4n) is 2.43. The number of pyridine rings is 1. The number of rotatable bonds is 5. The minimum absolute atomic E-state index is 0.0980. The number of ether oxygens (including phenoxy) is 2. The summed E-state index contributed by atoms with van der Waals surface area (Å²) in [6.45, 7) is 0.299. The minimum atomic E-state index is -4.04.